The van der Waals surface area contributed by atoms with Gasteiger partial charge in [0.15, 0.2) is 0 Å². The second kappa shape index (κ2) is 8.83. The lowest BCUT2D eigenvalue weighted by Gasteiger charge is -2.23. The number of aromatic nitrogens is 2. The number of anilines is 1. The first-order valence-corrected chi connectivity index (χ1v) is 11.6. The number of fused-ring (bicyclic) bond motifs is 1. The minimum Gasteiger partial charge on any atom is -0.378 e. The van der Waals surface area contributed by atoms with Gasteiger partial charge in [-0.1, -0.05) is 51.9 Å². The van der Waals surface area contributed by atoms with E-state index in [1.54, 1.807) is 11.3 Å². The predicted octanol–water partition coefficient (Wildman–Crippen LogP) is 7.12. The molecule has 0 N–H and O–H groups in total. The lowest BCUT2D eigenvalue weighted by atomic mass is 10.0. The van der Waals surface area contributed by atoms with Gasteiger partial charge in [0.1, 0.15) is 15.4 Å². The molecule has 2 heterocycles. The lowest BCUT2D eigenvalue weighted by Crippen LogP contribution is -2.14. The summed E-state index contributed by atoms with van der Waals surface area (Å²) in [6.45, 7) is 9.25. The first-order chi connectivity index (χ1) is 13.2. The maximum atomic E-state index is 4.91. The molecule has 0 bridgehead atoms. The van der Waals surface area contributed by atoms with Crippen LogP contribution < -0.4 is 4.90 Å². The van der Waals surface area contributed by atoms with Crippen LogP contribution in [0.25, 0.3) is 20.9 Å². The number of pyridine rings is 1. The summed E-state index contributed by atoms with van der Waals surface area (Å²) in [6.07, 6.45) is 3.77. The van der Waals surface area contributed by atoms with Crippen molar-refractivity contribution < 1.29 is 0 Å². The maximum absolute atomic E-state index is 4.91. The number of benzene rings is 1. The number of rotatable bonds is 8. The Morgan fingerprint density at radius 2 is 1.75 bits per heavy atom. The van der Waals surface area contributed by atoms with Gasteiger partial charge in [-0.15, -0.1) is 11.8 Å². The molecule has 0 spiro atoms. The van der Waals surface area contributed by atoms with Crippen molar-refractivity contribution in [2.45, 2.75) is 56.7 Å². The van der Waals surface area contributed by atoms with Crippen LogP contribution in [0, 0.1) is 5.92 Å². The SMILES string of the molecule is CC(C)CCCC(C)(C)Sc1ccc2nc(-c3ccc(N(C)C)cc3)sc2n1. The smallest absolute Gasteiger partial charge is 0.145 e. The van der Waals surface area contributed by atoms with E-state index in [-0.39, 0.29) is 4.75 Å². The summed E-state index contributed by atoms with van der Waals surface area (Å²) >= 11 is 3.56. The molecule has 0 amide bonds. The van der Waals surface area contributed by atoms with Crippen molar-refractivity contribution in [1.82, 2.24) is 9.97 Å². The molecule has 0 saturated carbocycles. The molecule has 0 fully saturated rings. The molecule has 3 rings (SSSR count). The molecule has 150 valence electrons. The van der Waals surface area contributed by atoms with Crippen molar-refractivity contribution in [1.29, 1.82) is 0 Å². The largest absolute Gasteiger partial charge is 0.378 e. The van der Waals surface area contributed by atoms with Crippen molar-refractivity contribution in [2.24, 2.45) is 5.92 Å². The Kier molecular flexibility index (Phi) is 6.66. The third kappa shape index (κ3) is 5.48. The van der Waals surface area contributed by atoms with Gasteiger partial charge in [-0.25, -0.2) is 9.97 Å². The number of hydrogen-bond acceptors (Lipinski definition) is 5. The summed E-state index contributed by atoms with van der Waals surface area (Å²) in [7, 11) is 4.11. The number of hydrogen-bond donors (Lipinski definition) is 0. The van der Waals surface area contributed by atoms with Gasteiger partial charge in [0.25, 0.3) is 0 Å². The first-order valence-electron chi connectivity index (χ1n) is 9.98. The normalized spacial score (nSPS) is 12.1. The predicted molar refractivity (Wildman–Crippen MR) is 126 cm³/mol. The lowest BCUT2D eigenvalue weighted by molar-refractivity contribution is 0.501. The summed E-state index contributed by atoms with van der Waals surface area (Å²) in [6, 6.07) is 12.8. The van der Waals surface area contributed by atoms with Gasteiger partial charge in [-0.3, -0.25) is 0 Å². The highest BCUT2D eigenvalue weighted by molar-refractivity contribution is 8.00. The van der Waals surface area contributed by atoms with E-state index in [9.17, 15) is 0 Å². The molecule has 0 aliphatic rings. The summed E-state index contributed by atoms with van der Waals surface area (Å²) in [5.41, 5.74) is 3.33. The molecule has 0 aliphatic heterocycles. The molecule has 0 aliphatic carbocycles. The minimum absolute atomic E-state index is 0.199. The van der Waals surface area contributed by atoms with E-state index >= 15 is 0 Å². The van der Waals surface area contributed by atoms with E-state index in [0.717, 1.165) is 31.9 Å². The van der Waals surface area contributed by atoms with Crippen LogP contribution in [0.1, 0.15) is 47.0 Å². The molecule has 2 aromatic heterocycles. The molecule has 0 atom stereocenters. The number of nitrogens with zero attached hydrogens (tertiary/aromatic N) is 3. The summed E-state index contributed by atoms with van der Waals surface area (Å²) < 4.78 is 0.199. The van der Waals surface area contributed by atoms with Crippen molar-refractivity contribution in [2.75, 3.05) is 19.0 Å². The minimum atomic E-state index is 0.199. The van der Waals surface area contributed by atoms with Crippen LogP contribution in [0.3, 0.4) is 0 Å². The molecule has 3 nitrogen and oxygen atoms in total. The Bertz CT molecular complexity index is 911. The second-order valence-electron chi connectivity index (χ2n) is 8.58. The van der Waals surface area contributed by atoms with Gasteiger partial charge in [0.05, 0.1) is 5.03 Å². The molecule has 3 aromatic rings. The Morgan fingerprint density at radius 1 is 1.04 bits per heavy atom. The van der Waals surface area contributed by atoms with Gasteiger partial charge in [0, 0.05) is 30.1 Å². The highest BCUT2D eigenvalue weighted by atomic mass is 32.2. The fourth-order valence-corrected chi connectivity index (χ4v) is 5.24. The van der Waals surface area contributed by atoms with Crippen molar-refractivity contribution in [3.63, 3.8) is 0 Å². The molecule has 1 aromatic carbocycles. The van der Waals surface area contributed by atoms with Gasteiger partial charge in [0.2, 0.25) is 0 Å². The van der Waals surface area contributed by atoms with E-state index in [1.165, 1.54) is 24.9 Å². The van der Waals surface area contributed by atoms with Crippen molar-refractivity contribution in [3.05, 3.63) is 36.4 Å². The number of thioether (sulfide) groups is 1. The molecular formula is C23H31N3S2. The molecule has 0 saturated heterocycles. The van der Waals surface area contributed by atoms with Gasteiger partial charge in [-0.2, -0.15) is 0 Å². The van der Waals surface area contributed by atoms with Crippen LogP contribution in [0.5, 0.6) is 0 Å². The summed E-state index contributed by atoms with van der Waals surface area (Å²) in [4.78, 5) is 12.8. The third-order valence-electron chi connectivity index (χ3n) is 4.80. The molecule has 28 heavy (non-hydrogen) atoms. The zero-order valence-corrected chi connectivity index (χ0v) is 19.5. The molecular weight excluding hydrogens is 382 g/mol. The fourth-order valence-electron chi connectivity index (χ4n) is 3.15. The highest BCUT2D eigenvalue weighted by Gasteiger charge is 2.20. The Labute approximate surface area is 177 Å². The van der Waals surface area contributed by atoms with Crippen LogP contribution >= 0.6 is 23.1 Å². The van der Waals surface area contributed by atoms with Crippen molar-refractivity contribution >= 4 is 39.1 Å². The van der Waals surface area contributed by atoms with Crippen molar-refractivity contribution in [3.8, 4) is 10.6 Å². The second-order valence-corrected chi connectivity index (χ2v) is 11.3. The van der Waals surface area contributed by atoms with Crippen LogP contribution in [0.2, 0.25) is 0 Å². The van der Waals surface area contributed by atoms with E-state index in [4.69, 9.17) is 9.97 Å². The Morgan fingerprint density at radius 3 is 2.39 bits per heavy atom. The molecule has 0 radical (unpaired) electrons. The fraction of sp³-hybridized carbons (Fsp3) is 0.478. The average Bonchev–Trinajstić information content (AvgIpc) is 3.04. The molecule has 5 heteroatoms. The average molecular weight is 414 g/mol. The zero-order valence-electron chi connectivity index (χ0n) is 17.8. The van der Waals surface area contributed by atoms with Crippen LogP contribution in [-0.4, -0.2) is 28.8 Å². The van der Waals surface area contributed by atoms with E-state index in [1.807, 2.05) is 11.8 Å². The summed E-state index contributed by atoms with van der Waals surface area (Å²) in [5.74, 6) is 0.776. The number of thiazole rings is 1. The topological polar surface area (TPSA) is 29.0 Å². The van der Waals surface area contributed by atoms with Gasteiger partial charge in [-0.05, 0) is 48.7 Å². The van der Waals surface area contributed by atoms with E-state index < -0.39 is 0 Å². The monoisotopic (exact) mass is 413 g/mol. The standard InChI is InChI=1S/C23H31N3S2/c1-16(2)8-7-15-23(3,4)28-20-14-13-19-22(25-20)27-21(24-19)17-9-11-18(12-10-17)26(5)6/h9-14,16H,7-8,15H2,1-6H3. The summed E-state index contributed by atoms with van der Waals surface area (Å²) in [5, 5.41) is 2.13. The third-order valence-corrected chi connectivity index (χ3v) is 7.01. The van der Waals surface area contributed by atoms with Crippen LogP contribution in [0.15, 0.2) is 41.4 Å². The van der Waals surface area contributed by atoms with Gasteiger partial charge >= 0.3 is 0 Å². The maximum Gasteiger partial charge on any atom is 0.145 e. The Hall–Kier alpha value is -1.59. The zero-order chi connectivity index (χ0) is 20.3. The first kappa shape index (κ1) is 21.1. The molecule has 0 unspecified atom stereocenters. The highest BCUT2D eigenvalue weighted by Crippen LogP contribution is 2.38. The quantitative estimate of drug-likeness (QED) is 0.368. The van der Waals surface area contributed by atoms with Gasteiger partial charge < -0.3 is 4.90 Å². The van der Waals surface area contributed by atoms with Crippen LogP contribution in [-0.2, 0) is 0 Å². The van der Waals surface area contributed by atoms with E-state index in [2.05, 4.69) is 83.1 Å². The van der Waals surface area contributed by atoms with Crippen LogP contribution in [0.4, 0.5) is 5.69 Å². The Balaban J connectivity index is 1.75. The van der Waals surface area contributed by atoms with E-state index in [0.29, 0.717) is 0 Å².